The van der Waals surface area contributed by atoms with Gasteiger partial charge in [0.25, 0.3) is 0 Å². The highest BCUT2D eigenvalue weighted by atomic mass is 16.6. The summed E-state index contributed by atoms with van der Waals surface area (Å²) in [7, 11) is 1.45. The van der Waals surface area contributed by atoms with Crippen LogP contribution in [0.4, 0.5) is 0 Å². The number of aliphatic hydroxyl groups excluding tert-OH is 2. The van der Waals surface area contributed by atoms with Crippen molar-refractivity contribution < 1.29 is 19.7 Å². The third-order valence-corrected chi connectivity index (χ3v) is 2.52. The molecule has 1 aliphatic heterocycles. The summed E-state index contributed by atoms with van der Waals surface area (Å²) >= 11 is 0. The van der Waals surface area contributed by atoms with Gasteiger partial charge >= 0.3 is 0 Å². The molecular formula is C8H16O4. The van der Waals surface area contributed by atoms with Crippen LogP contribution in [0.3, 0.4) is 0 Å². The molecule has 2 N–H and O–H groups in total. The number of ether oxygens (including phenoxy) is 2. The Morgan fingerprint density at radius 3 is 2.33 bits per heavy atom. The SMILES string of the molecule is COC1C(O)OC(C)C(C)C1O. The number of methoxy groups -OCH3 is 1. The van der Waals surface area contributed by atoms with Gasteiger partial charge in [0, 0.05) is 13.0 Å². The van der Waals surface area contributed by atoms with Crippen LogP contribution in [0, 0.1) is 5.92 Å². The number of hydrogen-bond donors (Lipinski definition) is 2. The first-order valence-electron chi connectivity index (χ1n) is 4.12. The van der Waals surface area contributed by atoms with Gasteiger partial charge in [-0.05, 0) is 6.92 Å². The Hall–Kier alpha value is -0.160. The minimum absolute atomic E-state index is 0.0154. The minimum Gasteiger partial charge on any atom is -0.390 e. The molecule has 0 bridgehead atoms. The summed E-state index contributed by atoms with van der Waals surface area (Å²) in [6, 6.07) is 0. The number of hydrogen-bond acceptors (Lipinski definition) is 4. The highest BCUT2D eigenvalue weighted by Crippen LogP contribution is 2.25. The largest absolute Gasteiger partial charge is 0.390 e. The average molecular weight is 176 g/mol. The van der Waals surface area contributed by atoms with Gasteiger partial charge in [0.05, 0.1) is 12.2 Å². The van der Waals surface area contributed by atoms with Crippen LogP contribution in [0.1, 0.15) is 13.8 Å². The second-order valence-corrected chi connectivity index (χ2v) is 3.28. The molecule has 1 aliphatic rings. The predicted octanol–water partition coefficient (Wildman–Crippen LogP) is -0.264. The Kier molecular flexibility index (Phi) is 3.06. The molecule has 0 saturated carbocycles. The van der Waals surface area contributed by atoms with Gasteiger partial charge in [0.15, 0.2) is 6.29 Å². The molecule has 0 aromatic heterocycles. The molecule has 0 spiro atoms. The maximum Gasteiger partial charge on any atom is 0.183 e. The van der Waals surface area contributed by atoms with Gasteiger partial charge in [-0.25, -0.2) is 0 Å². The van der Waals surface area contributed by atoms with E-state index in [-0.39, 0.29) is 12.0 Å². The van der Waals surface area contributed by atoms with E-state index in [0.717, 1.165) is 0 Å². The molecule has 12 heavy (non-hydrogen) atoms. The first-order valence-corrected chi connectivity index (χ1v) is 4.12. The molecule has 4 heteroatoms. The molecule has 1 saturated heterocycles. The monoisotopic (exact) mass is 176 g/mol. The summed E-state index contributed by atoms with van der Waals surface area (Å²) in [5.41, 5.74) is 0. The van der Waals surface area contributed by atoms with Gasteiger partial charge in [0.1, 0.15) is 6.10 Å². The van der Waals surface area contributed by atoms with E-state index in [9.17, 15) is 10.2 Å². The molecule has 1 rings (SSSR count). The van der Waals surface area contributed by atoms with Crippen LogP contribution in [0.25, 0.3) is 0 Å². The third kappa shape index (κ3) is 1.61. The second kappa shape index (κ2) is 3.70. The van der Waals surface area contributed by atoms with E-state index in [1.54, 1.807) is 0 Å². The zero-order valence-electron chi connectivity index (χ0n) is 7.60. The lowest BCUT2D eigenvalue weighted by Gasteiger charge is -2.39. The van der Waals surface area contributed by atoms with Crippen molar-refractivity contribution in [3.8, 4) is 0 Å². The summed E-state index contributed by atoms with van der Waals surface area (Å²) in [5, 5.41) is 18.9. The van der Waals surface area contributed by atoms with Crippen LogP contribution in [-0.4, -0.2) is 41.9 Å². The van der Waals surface area contributed by atoms with E-state index < -0.39 is 18.5 Å². The quantitative estimate of drug-likeness (QED) is 0.577. The van der Waals surface area contributed by atoms with Crippen LogP contribution in [0.2, 0.25) is 0 Å². The molecule has 4 nitrogen and oxygen atoms in total. The van der Waals surface area contributed by atoms with E-state index in [0.29, 0.717) is 0 Å². The first kappa shape index (κ1) is 9.92. The van der Waals surface area contributed by atoms with Gasteiger partial charge in [-0.15, -0.1) is 0 Å². The molecule has 72 valence electrons. The van der Waals surface area contributed by atoms with Crippen molar-refractivity contribution in [2.75, 3.05) is 7.11 Å². The fourth-order valence-corrected chi connectivity index (χ4v) is 1.42. The summed E-state index contributed by atoms with van der Waals surface area (Å²) in [5.74, 6) is -0.0154. The van der Waals surface area contributed by atoms with Crippen molar-refractivity contribution >= 4 is 0 Å². The summed E-state index contributed by atoms with van der Waals surface area (Å²) in [6.45, 7) is 3.69. The highest BCUT2D eigenvalue weighted by Gasteiger charge is 2.40. The second-order valence-electron chi connectivity index (χ2n) is 3.28. The van der Waals surface area contributed by atoms with Gasteiger partial charge in [-0.2, -0.15) is 0 Å². The highest BCUT2D eigenvalue weighted by molar-refractivity contribution is 4.84. The number of rotatable bonds is 1. The smallest absolute Gasteiger partial charge is 0.183 e. The van der Waals surface area contributed by atoms with Crippen molar-refractivity contribution in [2.24, 2.45) is 5.92 Å². The van der Waals surface area contributed by atoms with Gasteiger partial charge in [-0.1, -0.05) is 6.92 Å². The normalized spacial score (nSPS) is 49.2. The fraction of sp³-hybridized carbons (Fsp3) is 1.00. The Labute approximate surface area is 72.1 Å². The van der Waals surface area contributed by atoms with Crippen molar-refractivity contribution in [1.29, 1.82) is 0 Å². The van der Waals surface area contributed by atoms with E-state index in [4.69, 9.17) is 9.47 Å². The average Bonchev–Trinajstić information content (AvgIpc) is 2.01. The Balaban J connectivity index is 2.65. The summed E-state index contributed by atoms with van der Waals surface area (Å²) in [6.07, 6.45) is -2.44. The summed E-state index contributed by atoms with van der Waals surface area (Å²) < 4.78 is 10.1. The molecule has 5 atom stereocenters. The van der Waals surface area contributed by atoms with Crippen molar-refractivity contribution in [3.05, 3.63) is 0 Å². The number of aliphatic hydroxyl groups is 2. The molecule has 5 unspecified atom stereocenters. The van der Waals surface area contributed by atoms with E-state index >= 15 is 0 Å². The molecule has 0 aromatic carbocycles. The molecular weight excluding hydrogens is 160 g/mol. The van der Waals surface area contributed by atoms with Crippen LogP contribution < -0.4 is 0 Å². The van der Waals surface area contributed by atoms with Gasteiger partial charge in [-0.3, -0.25) is 0 Å². The predicted molar refractivity (Wildman–Crippen MR) is 42.5 cm³/mol. The van der Waals surface area contributed by atoms with E-state index in [2.05, 4.69) is 0 Å². The standard InChI is InChI=1S/C8H16O4/c1-4-5(2)12-8(10)7(11-3)6(4)9/h4-10H,1-3H3. The topological polar surface area (TPSA) is 58.9 Å². The fourth-order valence-electron chi connectivity index (χ4n) is 1.42. The van der Waals surface area contributed by atoms with Gasteiger partial charge < -0.3 is 19.7 Å². The molecule has 0 aliphatic carbocycles. The Bertz CT molecular complexity index is 150. The van der Waals surface area contributed by atoms with Crippen LogP contribution in [0.15, 0.2) is 0 Å². The lowest BCUT2D eigenvalue weighted by molar-refractivity contribution is -0.268. The van der Waals surface area contributed by atoms with Crippen LogP contribution in [-0.2, 0) is 9.47 Å². The first-order chi connectivity index (χ1) is 5.57. The maximum absolute atomic E-state index is 9.61. The minimum atomic E-state index is -1.02. The third-order valence-electron chi connectivity index (χ3n) is 2.52. The molecule has 0 radical (unpaired) electrons. The van der Waals surface area contributed by atoms with Crippen LogP contribution in [0.5, 0.6) is 0 Å². The summed E-state index contributed by atoms with van der Waals surface area (Å²) in [4.78, 5) is 0. The maximum atomic E-state index is 9.61. The zero-order valence-corrected chi connectivity index (χ0v) is 7.60. The lowest BCUT2D eigenvalue weighted by atomic mass is 9.92. The lowest BCUT2D eigenvalue weighted by Crippen LogP contribution is -2.53. The van der Waals surface area contributed by atoms with Crippen molar-refractivity contribution in [3.63, 3.8) is 0 Å². The van der Waals surface area contributed by atoms with E-state index in [1.165, 1.54) is 7.11 Å². The molecule has 1 fully saturated rings. The van der Waals surface area contributed by atoms with E-state index in [1.807, 2.05) is 13.8 Å². The molecule has 0 amide bonds. The Morgan fingerprint density at radius 1 is 1.25 bits per heavy atom. The molecule has 0 aromatic rings. The Morgan fingerprint density at radius 2 is 1.83 bits per heavy atom. The van der Waals surface area contributed by atoms with Crippen molar-refractivity contribution in [2.45, 2.75) is 38.4 Å². The molecule has 1 heterocycles. The zero-order chi connectivity index (χ0) is 9.30. The van der Waals surface area contributed by atoms with Crippen molar-refractivity contribution in [1.82, 2.24) is 0 Å². The van der Waals surface area contributed by atoms with Gasteiger partial charge in [0.2, 0.25) is 0 Å². The van der Waals surface area contributed by atoms with Crippen LogP contribution >= 0.6 is 0 Å².